The Kier molecular flexibility index (Phi) is 6.39. The summed E-state index contributed by atoms with van der Waals surface area (Å²) in [6, 6.07) is 26.8. The zero-order valence-electron chi connectivity index (χ0n) is 17.1. The van der Waals surface area contributed by atoms with Gasteiger partial charge in [0.15, 0.2) is 0 Å². The van der Waals surface area contributed by atoms with Crippen LogP contribution in [0.1, 0.15) is 15.9 Å². The molecule has 0 spiro atoms. The first-order valence-corrected chi connectivity index (χ1v) is 11.4. The Morgan fingerprint density at radius 2 is 1.47 bits per heavy atom. The maximum absolute atomic E-state index is 12.7. The fourth-order valence-corrected chi connectivity index (χ4v) is 4.15. The summed E-state index contributed by atoms with van der Waals surface area (Å²) < 4.78 is 27.9. The van der Waals surface area contributed by atoms with E-state index in [4.69, 9.17) is 0 Å². The van der Waals surface area contributed by atoms with Gasteiger partial charge in [0.1, 0.15) is 0 Å². The molecule has 0 radical (unpaired) electrons. The van der Waals surface area contributed by atoms with Gasteiger partial charge in [-0.1, -0.05) is 54.6 Å². The second-order valence-electron chi connectivity index (χ2n) is 7.11. The third-order valence-electron chi connectivity index (χ3n) is 4.87. The van der Waals surface area contributed by atoms with E-state index in [2.05, 4.69) is 15.0 Å². The minimum Gasteiger partial charge on any atom is -0.321 e. The molecular weight excluding hydrogens is 422 g/mol. The van der Waals surface area contributed by atoms with Gasteiger partial charge in [0.25, 0.3) is 5.91 Å². The summed E-state index contributed by atoms with van der Waals surface area (Å²) in [4.78, 5) is 16.5. The molecule has 0 fully saturated rings. The van der Waals surface area contributed by atoms with Crippen LogP contribution in [0.15, 0.2) is 108 Å². The lowest BCUT2D eigenvalue weighted by atomic mass is 10.1. The van der Waals surface area contributed by atoms with E-state index in [0.29, 0.717) is 11.3 Å². The lowest BCUT2D eigenvalue weighted by molar-refractivity contribution is 0.102. The molecule has 1 amide bonds. The molecule has 0 unspecified atom stereocenters. The van der Waals surface area contributed by atoms with Gasteiger partial charge < -0.3 is 5.32 Å². The van der Waals surface area contributed by atoms with Crippen molar-refractivity contribution in [3.8, 4) is 11.1 Å². The molecule has 3 aromatic carbocycles. The number of nitrogens with one attached hydrogen (secondary N) is 2. The normalized spacial score (nSPS) is 11.1. The van der Waals surface area contributed by atoms with Gasteiger partial charge in [0.2, 0.25) is 10.0 Å². The number of pyridine rings is 1. The van der Waals surface area contributed by atoms with Crippen molar-refractivity contribution in [1.82, 2.24) is 9.71 Å². The summed E-state index contributed by atoms with van der Waals surface area (Å²) in [5.41, 5.74) is 3.79. The summed E-state index contributed by atoms with van der Waals surface area (Å²) >= 11 is 0. The summed E-state index contributed by atoms with van der Waals surface area (Å²) in [6.45, 7) is 0.118. The van der Waals surface area contributed by atoms with E-state index >= 15 is 0 Å². The molecule has 4 rings (SSSR count). The predicted octanol–water partition coefficient (Wildman–Crippen LogP) is 4.48. The molecule has 0 aliphatic rings. The van der Waals surface area contributed by atoms with Crippen molar-refractivity contribution in [1.29, 1.82) is 0 Å². The van der Waals surface area contributed by atoms with Crippen LogP contribution < -0.4 is 10.0 Å². The van der Waals surface area contributed by atoms with Crippen LogP contribution in [-0.2, 0) is 16.6 Å². The molecule has 4 aromatic rings. The van der Waals surface area contributed by atoms with Crippen LogP contribution in [0, 0.1) is 0 Å². The molecule has 6 nitrogen and oxygen atoms in total. The van der Waals surface area contributed by atoms with Gasteiger partial charge in [-0.3, -0.25) is 9.78 Å². The standard InChI is InChI=1S/C25H21N3O3S/c29-25(28-23-7-4-16-26-18-23)22-10-8-19(9-11-22)17-27-32(30,31)24-14-12-21(13-15-24)20-5-2-1-3-6-20/h1-16,18,27H,17H2,(H,28,29). The number of aromatic nitrogens is 1. The molecule has 0 aliphatic heterocycles. The van der Waals surface area contributed by atoms with Crippen molar-refractivity contribution in [3.05, 3.63) is 115 Å². The zero-order valence-corrected chi connectivity index (χ0v) is 17.9. The number of sulfonamides is 1. The first kappa shape index (κ1) is 21.4. The monoisotopic (exact) mass is 443 g/mol. The number of benzene rings is 3. The Labute approximate surface area is 187 Å². The highest BCUT2D eigenvalue weighted by Gasteiger charge is 2.14. The van der Waals surface area contributed by atoms with Gasteiger partial charge in [0.05, 0.1) is 16.8 Å². The lowest BCUT2D eigenvalue weighted by Crippen LogP contribution is -2.23. The molecule has 32 heavy (non-hydrogen) atoms. The Balaban J connectivity index is 1.38. The third kappa shape index (κ3) is 5.26. The molecule has 160 valence electrons. The van der Waals surface area contributed by atoms with Crippen LogP contribution in [0.25, 0.3) is 11.1 Å². The quantitative estimate of drug-likeness (QED) is 0.441. The fourth-order valence-electron chi connectivity index (χ4n) is 3.13. The average molecular weight is 444 g/mol. The van der Waals surface area contributed by atoms with E-state index in [0.717, 1.165) is 16.7 Å². The molecule has 0 saturated heterocycles. The molecule has 1 aromatic heterocycles. The van der Waals surface area contributed by atoms with Crippen LogP contribution in [0.5, 0.6) is 0 Å². The summed E-state index contributed by atoms with van der Waals surface area (Å²) in [7, 11) is -3.66. The highest BCUT2D eigenvalue weighted by atomic mass is 32.2. The average Bonchev–Trinajstić information content (AvgIpc) is 2.84. The molecule has 1 heterocycles. The topological polar surface area (TPSA) is 88.2 Å². The molecule has 2 N–H and O–H groups in total. The van der Waals surface area contributed by atoms with Crippen molar-refractivity contribution in [2.45, 2.75) is 11.4 Å². The van der Waals surface area contributed by atoms with Crippen LogP contribution in [-0.4, -0.2) is 19.3 Å². The molecule has 7 heteroatoms. The fraction of sp³-hybridized carbons (Fsp3) is 0.0400. The van der Waals surface area contributed by atoms with Crippen molar-refractivity contribution >= 4 is 21.6 Å². The Morgan fingerprint density at radius 3 is 2.12 bits per heavy atom. The van der Waals surface area contributed by atoms with Gasteiger partial charge >= 0.3 is 0 Å². The van der Waals surface area contributed by atoms with Gasteiger partial charge in [-0.15, -0.1) is 0 Å². The van der Waals surface area contributed by atoms with Crippen LogP contribution in [0.4, 0.5) is 5.69 Å². The lowest BCUT2D eigenvalue weighted by Gasteiger charge is -2.09. The van der Waals surface area contributed by atoms with Gasteiger partial charge in [-0.05, 0) is 53.1 Å². The molecule has 0 bridgehead atoms. The van der Waals surface area contributed by atoms with E-state index < -0.39 is 10.0 Å². The minimum atomic E-state index is -3.66. The number of anilines is 1. The van der Waals surface area contributed by atoms with Crippen LogP contribution in [0.3, 0.4) is 0 Å². The zero-order chi connectivity index (χ0) is 22.4. The summed E-state index contributed by atoms with van der Waals surface area (Å²) in [5, 5.41) is 2.76. The van der Waals surface area contributed by atoms with E-state index in [9.17, 15) is 13.2 Å². The van der Waals surface area contributed by atoms with E-state index in [1.807, 2.05) is 30.3 Å². The van der Waals surface area contributed by atoms with Gasteiger partial charge in [-0.2, -0.15) is 0 Å². The second-order valence-corrected chi connectivity index (χ2v) is 8.87. The first-order chi connectivity index (χ1) is 15.5. The minimum absolute atomic E-state index is 0.118. The van der Waals surface area contributed by atoms with E-state index in [1.54, 1.807) is 73.1 Å². The highest BCUT2D eigenvalue weighted by Crippen LogP contribution is 2.21. The van der Waals surface area contributed by atoms with Gasteiger partial charge in [-0.25, -0.2) is 13.1 Å². The van der Waals surface area contributed by atoms with Crippen molar-refractivity contribution in [2.24, 2.45) is 0 Å². The number of rotatable bonds is 7. The number of hydrogen-bond acceptors (Lipinski definition) is 4. The maximum atomic E-state index is 12.7. The number of nitrogens with zero attached hydrogens (tertiary/aromatic N) is 1. The van der Waals surface area contributed by atoms with Crippen molar-refractivity contribution in [2.75, 3.05) is 5.32 Å². The summed E-state index contributed by atoms with van der Waals surface area (Å²) in [6.07, 6.45) is 3.19. The summed E-state index contributed by atoms with van der Waals surface area (Å²) in [5.74, 6) is -0.261. The highest BCUT2D eigenvalue weighted by molar-refractivity contribution is 7.89. The Hall–Kier alpha value is -3.81. The second kappa shape index (κ2) is 9.55. The Morgan fingerprint density at radius 1 is 0.781 bits per heavy atom. The molecule has 0 aliphatic carbocycles. The van der Waals surface area contributed by atoms with E-state index in [1.165, 1.54) is 0 Å². The molecule has 0 atom stereocenters. The Bertz CT molecular complexity index is 1290. The smallest absolute Gasteiger partial charge is 0.255 e. The largest absolute Gasteiger partial charge is 0.321 e. The number of hydrogen-bond donors (Lipinski definition) is 2. The molecule has 0 saturated carbocycles. The first-order valence-electron chi connectivity index (χ1n) is 9.97. The van der Waals surface area contributed by atoms with Crippen molar-refractivity contribution in [3.63, 3.8) is 0 Å². The molecular formula is C25H21N3O3S. The predicted molar refractivity (Wildman–Crippen MR) is 125 cm³/mol. The third-order valence-corrected chi connectivity index (χ3v) is 6.29. The van der Waals surface area contributed by atoms with E-state index in [-0.39, 0.29) is 17.3 Å². The van der Waals surface area contributed by atoms with Gasteiger partial charge in [0, 0.05) is 18.3 Å². The van der Waals surface area contributed by atoms with Crippen LogP contribution >= 0.6 is 0 Å². The number of amides is 1. The van der Waals surface area contributed by atoms with Crippen LogP contribution in [0.2, 0.25) is 0 Å². The number of carbonyl (C=O) groups is 1. The SMILES string of the molecule is O=C(Nc1cccnc1)c1ccc(CNS(=O)(=O)c2ccc(-c3ccccc3)cc2)cc1. The number of carbonyl (C=O) groups excluding carboxylic acids is 1. The van der Waals surface area contributed by atoms with Crippen molar-refractivity contribution < 1.29 is 13.2 Å². The maximum Gasteiger partial charge on any atom is 0.255 e.